The summed E-state index contributed by atoms with van der Waals surface area (Å²) in [7, 11) is 4.02. The summed E-state index contributed by atoms with van der Waals surface area (Å²) in [5.41, 5.74) is 1.10. The van der Waals surface area contributed by atoms with Gasteiger partial charge in [-0.25, -0.2) is 0 Å². The van der Waals surface area contributed by atoms with Gasteiger partial charge in [-0.1, -0.05) is 12.1 Å². The second-order valence-electron chi connectivity index (χ2n) is 4.15. The summed E-state index contributed by atoms with van der Waals surface area (Å²) in [6.07, 6.45) is 1.06. The number of carbonyl (C=O) groups is 1. The van der Waals surface area contributed by atoms with Gasteiger partial charge in [-0.15, -0.1) is 0 Å². The summed E-state index contributed by atoms with van der Waals surface area (Å²) in [6.45, 7) is 1.56. The first-order chi connectivity index (χ1) is 8.08. The zero-order chi connectivity index (χ0) is 12.7. The Morgan fingerprint density at radius 2 is 1.94 bits per heavy atom. The van der Waals surface area contributed by atoms with E-state index < -0.39 is 0 Å². The predicted octanol–water partition coefficient (Wildman–Crippen LogP) is 2.33. The predicted molar refractivity (Wildman–Crippen MR) is 69.7 cm³/mol. The quantitative estimate of drug-likeness (QED) is 0.701. The van der Waals surface area contributed by atoms with Gasteiger partial charge in [0.2, 0.25) is 5.24 Å². The second-order valence-corrected chi connectivity index (χ2v) is 4.57. The number of benzene rings is 1. The maximum absolute atomic E-state index is 10.6. The molecular weight excluding hydrogens is 238 g/mol. The first kappa shape index (κ1) is 14.0. The SMILES string of the molecule is CN(C)CCOc1ccc(CCC(=O)Cl)cc1. The zero-order valence-corrected chi connectivity index (χ0v) is 11.0. The summed E-state index contributed by atoms with van der Waals surface area (Å²) in [5.74, 6) is 0.854. The molecule has 1 aromatic rings. The van der Waals surface area contributed by atoms with Crippen LogP contribution in [-0.2, 0) is 11.2 Å². The fourth-order valence-corrected chi connectivity index (χ4v) is 1.44. The van der Waals surface area contributed by atoms with Crippen molar-refractivity contribution in [2.24, 2.45) is 0 Å². The lowest BCUT2D eigenvalue weighted by atomic mass is 10.1. The maximum Gasteiger partial charge on any atom is 0.221 e. The molecule has 0 unspecified atom stereocenters. The topological polar surface area (TPSA) is 29.5 Å². The van der Waals surface area contributed by atoms with E-state index in [1.54, 1.807) is 0 Å². The van der Waals surface area contributed by atoms with Gasteiger partial charge in [0, 0.05) is 13.0 Å². The molecule has 0 bridgehead atoms. The van der Waals surface area contributed by atoms with Gasteiger partial charge in [0.05, 0.1) is 0 Å². The summed E-state index contributed by atoms with van der Waals surface area (Å²) in [5, 5.41) is -0.295. The minimum absolute atomic E-state index is 0.295. The lowest BCUT2D eigenvalue weighted by Gasteiger charge is -2.11. The Kier molecular flexibility index (Phi) is 6.01. The van der Waals surface area contributed by atoms with E-state index in [1.807, 2.05) is 38.4 Å². The van der Waals surface area contributed by atoms with E-state index in [1.165, 1.54) is 0 Å². The third kappa shape index (κ3) is 6.29. The van der Waals surface area contributed by atoms with Crippen LogP contribution >= 0.6 is 11.6 Å². The Balaban J connectivity index is 2.36. The third-order valence-corrected chi connectivity index (χ3v) is 2.53. The van der Waals surface area contributed by atoms with Crippen LogP contribution in [0.4, 0.5) is 0 Å². The molecule has 1 aromatic carbocycles. The number of aryl methyl sites for hydroxylation is 1. The van der Waals surface area contributed by atoms with Crippen molar-refractivity contribution in [3.8, 4) is 5.75 Å². The fraction of sp³-hybridized carbons (Fsp3) is 0.462. The van der Waals surface area contributed by atoms with Crippen LogP contribution < -0.4 is 4.74 Å². The summed E-state index contributed by atoms with van der Waals surface area (Å²) in [4.78, 5) is 12.7. The maximum atomic E-state index is 10.6. The average Bonchev–Trinajstić information content (AvgIpc) is 2.27. The lowest BCUT2D eigenvalue weighted by molar-refractivity contribution is -0.111. The Hall–Kier alpha value is -1.06. The first-order valence-electron chi connectivity index (χ1n) is 5.63. The molecule has 0 N–H and O–H groups in total. The molecule has 0 spiro atoms. The molecule has 4 heteroatoms. The number of rotatable bonds is 7. The number of halogens is 1. The lowest BCUT2D eigenvalue weighted by Crippen LogP contribution is -2.19. The van der Waals surface area contributed by atoms with Crippen LogP contribution in [0.3, 0.4) is 0 Å². The van der Waals surface area contributed by atoms with Gasteiger partial charge in [-0.2, -0.15) is 0 Å². The van der Waals surface area contributed by atoms with Crippen molar-refractivity contribution in [2.45, 2.75) is 12.8 Å². The summed E-state index contributed by atoms with van der Waals surface area (Å²) >= 11 is 5.29. The number of carbonyl (C=O) groups excluding carboxylic acids is 1. The largest absolute Gasteiger partial charge is 0.492 e. The van der Waals surface area contributed by atoms with Gasteiger partial charge < -0.3 is 9.64 Å². The normalized spacial score (nSPS) is 10.6. The van der Waals surface area contributed by atoms with Crippen LogP contribution in [0.2, 0.25) is 0 Å². The minimum atomic E-state index is -0.295. The average molecular weight is 256 g/mol. The van der Waals surface area contributed by atoms with E-state index in [0.29, 0.717) is 19.4 Å². The van der Waals surface area contributed by atoms with Crippen molar-refractivity contribution < 1.29 is 9.53 Å². The molecule has 0 fully saturated rings. The van der Waals surface area contributed by atoms with Crippen LogP contribution in [-0.4, -0.2) is 37.4 Å². The Bertz CT molecular complexity index is 349. The van der Waals surface area contributed by atoms with Crippen molar-refractivity contribution in [1.29, 1.82) is 0 Å². The van der Waals surface area contributed by atoms with Gasteiger partial charge in [0.15, 0.2) is 0 Å². The molecule has 0 heterocycles. The first-order valence-corrected chi connectivity index (χ1v) is 6.00. The molecule has 3 nitrogen and oxygen atoms in total. The molecular formula is C13H18ClNO2. The fourth-order valence-electron chi connectivity index (χ4n) is 1.34. The van der Waals surface area contributed by atoms with Crippen LogP contribution in [0, 0.1) is 0 Å². The summed E-state index contributed by atoms with van der Waals surface area (Å²) < 4.78 is 5.56. The van der Waals surface area contributed by atoms with E-state index in [2.05, 4.69) is 4.90 Å². The number of hydrogen-bond acceptors (Lipinski definition) is 3. The molecule has 0 radical (unpaired) electrons. The number of nitrogens with zero attached hydrogens (tertiary/aromatic N) is 1. The molecule has 0 atom stereocenters. The van der Waals surface area contributed by atoms with Crippen molar-refractivity contribution in [3.05, 3.63) is 29.8 Å². The molecule has 17 heavy (non-hydrogen) atoms. The Morgan fingerprint density at radius 3 is 2.47 bits per heavy atom. The monoisotopic (exact) mass is 255 g/mol. The molecule has 0 saturated heterocycles. The van der Waals surface area contributed by atoms with Gasteiger partial charge >= 0.3 is 0 Å². The van der Waals surface area contributed by atoms with Crippen LogP contribution in [0.15, 0.2) is 24.3 Å². The van der Waals surface area contributed by atoms with Crippen molar-refractivity contribution in [2.75, 3.05) is 27.2 Å². The van der Waals surface area contributed by atoms with Crippen molar-refractivity contribution in [1.82, 2.24) is 4.90 Å². The number of likely N-dealkylation sites (N-methyl/N-ethyl adjacent to an activating group) is 1. The standard InChI is InChI=1S/C13H18ClNO2/c1-15(2)9-10-17-12-6-3-11(4-7-12)5-8-13(14)16/h3-4,6-7H,5,8-10H2,1-2H3. The van der Waals surface area contributed by atoms with Crippen LogP contribution in [0.25, 0.3) is 0 Å². The molecule has 0 aliphatic carbocycles. The van der Waals surface area contributed by atoms with Gasteiger partial charge in [0.1, 0.15) is 12.4 Å². The van der Waals surface area contributed by atoms with Gasteiger partial charge in [0.25, 0.3) is 0 Å². The highest BCUT2D eigenvalue weighted by atomic mass is 35.5. The minimum Gasteiger partial charge on any atom is -0.492 e. The van der Waals surface area contributed by atoms with Crippen LogP contribution in [0.1, 0.15) is 12.0 Å². The molecule has 1 rings (SSSR count). The zero-order valence-electron chi connectivity index (χ0n) is 10.3. The highest BCUT2D eigenvalue weighted by Gasteiger charge is 1.99. The Labute approximate surface area is 107 Å². The molecule has 94 valence electrons. The molecule has 0 aliphatic rings. The second kappa shape index (κ2) is 7.30. The van der Waals surface area contributed by atoms with Crippen molar-refractivity contribution >= 4 is 16.8 Å². The molecule has 0 aromatic heterocycles. The highest BCUT2D eigenvalue weighted by Crippen LogP contribution is 2.13. The van der Waals surface area contributed by atoms with E-state index in [9.17, 15) is 4.79 Å². The van der Waals surface area contributed by atoms with Gasteiger partial charge in [-0.05, 0) is 49.8 Å². The third-order valence-electron chi connectivity index (χ3n) is 2.34. The molecule has 0 saturated carbocycles. The van der Waals surface area contributed by atoms with E-state index in [4.69, 9.17) is 16.3 Å². The smallest absolute Gasteiger partial charge is 0.221 e. The Morgan fingerprint density at radius 1 is 1.29 bits per heavy atom. The van der Waals surface area contributed by atoms with Crippen LogP contribution in [0.5, 0.6) is 5.75 Å². The number of hydrogen-bond donors (Lipinski definition) is 0. The molecule has 0 amide bonds. The summed E-state index contributed by atoms with van der Waals surface area (Å²) in [6, 6.07) is 7.77. The number of ether oxygens (including phenoxy) is 1. The van der Waals surface area contributed by atoms with E-state index in [0.717, 1.165) is 17.9 Å². The molecule has 0 aliphatic heterocycles. The van der Waals surface area contributed by atoms with E-state index in [-0.39, 0.29) is 5.24 Å². The van der Waals surface area contributed by atoms with Crippen molar-refractivity contribution in [3.63, 3.8) is 0 Å². The van der Waals surface area contributed by atoms with E-state index >= 15 is 0 Å². The highest BCUT2D eigenvalue weighted by molar-refractivity contribution is 6.63. The van der Waals surface area contributed by atoms with Gasteiger partial charge in [-0.3, -0.25) is 4.79 Å².